The first kappa shape index (κ1) is 22.1. The molecular formula is C18H29N3O4S. The predicted molar refractivity (Wildman–Crippen MR) is 102 cm³/mol. The number of rotatable bonds is 5. The molecule has 8 heteroatoms. The lowest BCUT2D eigenvalue weighted by atomic mass is 10.1. The van der Waals surface area contributed by atoms with Crippen LogP contribution in [0.15, 0.2) is 17.0 Å². The van der Waals surface area contributed by atoms with Crippen LogP contribution in [0.5, 0.6) is 0 Å². The highest BCUT2D eigenvalue weighted by molar-refractivity contribution is 7.89. The summed E-state index contributed by atoms with van der Waals surface area (Å²) in [5.41, 5.74) is 1.14. The van der Waals surface area contributed by atoms with Crippen molar-refractivity contribution < 1.29 is 18.0 Å². The molecule has 0 atom stereocenters. The Balaban J connectivity index is 3.18. The molecule has 0 fully saturated rings. The van der Waals surface area contributed by atoms with E-state index in [0.29, 0.717) is 11.1 Å². The maximum Gasteiger partial charge on any atom is 0.254 e. The number of nitrogens with one attached hydrogen (secondary N) is 1. The van der Waals surface area contributed by atoms with Crippen molar-refractivity contribution in [2.75, 3.05) is 27.7 Å². The second-order valence-electron chi connectivity index (χ2n) is 7.66. The third kappa shape index (κ3) is 5.28. The molecule has 146 valence electrons. The Hall–Kier alpha value is -1.93. The number of aryl methyl sites for hydroxylation is 1. The molecule has 1 aromatic carbocycles. The molecule has 0 radical (unpaired) electrons. The van der Waals surface area contributed by atoms with Crippen LogP contribution >= 0.6 is 0 Å². The Kier molecular flexibility index (Phi) is 6.59. The number of hydrogen-bond acceptors (Lipinski definition) is 4. The summed E-state index contributed by atoms with van der Waals surface area (Å²) in [7, 11) is 0.730. The summed E-state index contributed by atoms with van der Waals surface area (Å²) in [6.07, 6.45) is 0. The van der Waals surface area contributed by atoms with Gasteiger partial charge in [-0.1, -0.05) is 0 Å². The highest BCUT2D eigenvalue weighted by Crippen LogP contribution is 2.24. The van der Waals surface area contributed by atoms with Gasteiger partial charge in [0.05, 0.1) is 11.4 Å². The molecule has 2 amide bonds. The third-order valence-corrected chi connectivity index (χ3v) is 5.81. The van der Waals surface area contributed by atoms with Crippen LogP contribution in [0.1, 0.15) is 42.3 Å². The molecule has 0 saturated carbocycles. The van der Waals surface area contributed by atoms with E-state index < -0.39 is 21.5 Å². The SMILES string of the molecule is Cc1cc(C(=O)N(C)CC(=O)NC(C)(C)C)cc(S(=O)(=O)N(C)C)c1C. The van der Waals surface area contributed by atoms with Gasteiger partial charge in [-0.3, -0.25) is 9.59 Å². The summed E-state index contributed by atoms with van der Waals surface area (Å²) >= 11 is 0. The highest BCUT2D eigenvalue weighted by atomic mass is 32.2. The van der Waals surface area contributed by atoms with Crippen molar-refractivity contribution in [2.24, 2.45) is 0 Å². The number of carbonyl (C=O) groups excluding carboxylic acids is 2. The molecule has 0 aliphatic carbocycles. The summed E-state index contributed by atoms with van der Waals surface area (Å²) in [5.74, 6) is -0.689. The van der Waals surface area contributed by atoms with E-state index >= 15 is 0 Å². The number of hydrogen-bond donors (Lipinski definition) is 1. The fourth-order valence-corrected chi connectivity index (χ4v) is 3.60. The first-order valence-electron chi connectivity index (χ1n) is 8.27. The van der Waals surface area contributed by atoms with Gasteiger partial charge >= 0.3 is 0 Å². The Morgan fingerprint density at radius 2 is 1.62 bits per heavy atom. The average molecular weight is 384 g/mol. The summed E-state index contributed by atoms with van der Waals surface area (Å²) in [5, 5.41) is 2.79. The molecule has 0 aliphatic heterocycles. The van der Waals surface area contributed by atoms with Crippen molar-refractivity contribution in [1.29, 1.82) is 0 Å². The van der Waals surface area contributed by atoms with Gasteiger partial charge < -0.3 is 10.2 Å². The summed E-state index contributed by atoms with van der Waals surface area (Å²) < 4.78 is 26.2. The van der Waals surface area contributed by atoms with Gasteiger partial charge in [0, 0.05) is 32.2 Å². The number of likely N-dealkylation sites (N-methyl/N-ethyl adjacent to an activating group) is 1. The van der Waals surface area contributed by atoms with E-state index in [1.165, 1.54) is 32.1 Å². The van der Waals surface area contributed by atoms with Crippen LogP contribution < -0.4 is 5.32 Å². The van der Waals surface area contributed by atoms with Gasteiger partial charge in [-0.15, -0.1) is 0 Å². The Labute approximate surface area is 156 Å². The zero-order valence-corrected chi connectivity index (χ0v) is 17.6. The van der Waals surface area contributed by atoms with Crippen LogP contribution in [0.2, 0.25) is 0 Å². The van der Waals surface area contributed by atoms with Gasteiger partial charge in [0.25, 0.3) is 5.91 Å². The smallest absolute Gasteiger partial charge is 0.254 e. The van der Waals surface area contributed by atoms with Gasteiger partial charge in [-0.25, -0.2) is 12.7 Å². The minimum absolute atomic E-state index is 0.0957. The van der Waals surface area contributed by atoms with Gasteiger partial charge in [-0.2, -0.15) is 0 Å². The molecule has 26 heavy (non-hydrogen) atoms. The fourth-order valence-electron chi connectivity index (χ4n) is 2.38. The third-order valence-electron chi connectivity index (χ3n) is 3.87. The summed E-state index contributed by atoms with van der Waals surface area (Å²) in [6, 6.07) is 3.02. The number of nitrogens with zero attached hydrogens (tertiary/aromatic N) is 2. The van der Waals surface area contributed by atoms with E-state index in [4.69, 9.17) is 0 Å². The molecule has 0 aliphatic rings. The lowest BCUT2D eigenvalue weighted by Crippen LogP contribution is -2.46. The van der Waals surface area contributed by atoms with Gasteiger partial charge in [0.15, 0.2) is 0 Å². The second kappa shape index (κ2) is 7.75. The maximum atomic E-state index is 12.7. The van der Waals surface area contributed by atoms with Crippen LogP contribution in [0, 0.1) is 13.8 Å². The predicted octanol–water partition coefficient (Wildman–Crippen LogP) is 1.54. The molecule has 0 unspecified atom stereocenters. The normalized spacial score (nSPS) is 12.2. The van der Waals surface area contributed by atoms with E-state index in [0.717, 1.165) is 4.31 Å². The first-order valence-corrected chi connectivity index (χ1v) is 9.71. The molecule has 0 bridgehead atoms. The average Bonchev–Trinajstić information content (AvgIpc) is 2.46. The molecule has 1 rings (SSSR count). The minimum Gasteiger partial charge on any atom is -0.350 e. The van der Waals surface area contributed by atoms with Crippen molar-refractivity contribution in [3.05, 3.63) is 28.8 Å². The molecule has 0 heterocycles. The molecule has 0 spiro atoms. The fraction of sp³-hybridized carbons (Fsp3) is 0.556. The van der Waals surface area contributed by atoms with Gasteiger partial charge in [0.1, 0.15) is 0 Å². The van der Waals surface area contributed by atoms with E-state index in [1.807, 2.05) is 20.8 Å². The summed E-state index contributed by atoms with van der Waals surface area (Å²) in [4.78, 5) is 26.1. The van der Waals surface area contributed by atoms with Crippen LogP contribution in [-0.4, -0.2) is 62.7 Å². The van der Waals surface area contributed by atoms with Gasteiger partial charge in [0.2, 0.25) is 15.9 Å². The largest absolute Gasteiger partial charge is 0.350 e. The zero-order valence-electron chi connectivity index (χ0n) is 16.8. The Morgan fingerprint density at radius 3 is 2.08 bits per heavy atom. The van der Waals surface area contributed by atoms with E-state index in [1.54, 1.807) is 19.9 Å². The quantitative estimate of drug-likeness (QED) is 0.836. The van der Waals surface area contributed by atoms with Crippen molar-refractivity contribution in [3.63, 3.8) is 0 Å². The lowest BCUT2D eigenvalue weighted by molar-refractivity contribution is -0.122. The lowest BCUT2D eigenvalue weighted by Gasteiger charge is -2.24. The second-order valence-corrected chi connectivity index (χ2v) is 9.78. The van der Waals surface area contributed by atoms with E-state index in [-0.39, 0.29) is 22.9 Å². The zero-order chi connectivity index (χ0) is 20.4. The molecule has 1 aromatic rings. The molecule has 0 saturated heterocycles. The van der Waals surface area contributed by atoms with Crippen molar-refractivity contribution in [2.45, 2.75) is 45.1 Å². The monoisotopic (exact) mass is 383 g/mol. The standard InChI is InChI=1S/C18H29N3O4S/c1-12-9-14(10-15(13(12)2)26(24,25)20(6)7)17(23)21(8)11-16(22)19-18(3,4)5/h9-10H,11H2,1-8H3,(H,19,22). The molecule has 7 nitrogen and oxygen atoms in total. The Morgan fingerprint density at radius 1 is 1.08 bits per heavy atom. The van der Waals surface area contributed by atoms with Gasteiger partial charge in [-0.05, 0) is 57.9 Å². The van der Waals surface area contributed by atoms with Crippen LogP contribution in [0.4, 0.5) is 0 Å². The maximum absolute atomic E-state index is 12.7. The molecular weight excluding hydrogens is 354 g/mol. The number of carbonyl (C=O) groups is 2. The number of benzene rings is 1. The van der Waals surface area contributed by atoms with Crippen LogP contribution in [-0.2, 0) is 14.8 Å². The number of amides is 2. The van der Waals surface area contributed by atoms with E-state index in [2.05, 4.69) is 5.32 Å². The van der Waals surface area contributed by atoms with Crippen molar-refractivity contribution in [3.8, 4) is 0 Å². The highest BCUT2D eigenvalue weighted by Gasteiger charge is 2.25. The van der Waals surface area contributed by atoms with Crippen molar-refractivity contribution in [1.82, 2.24) is 14.5 Å². The Bertz CT molecular complexity index is 808. The number of sulfonamides is 1. The topological polar surface area (TPSA) is 86.8 Å². The minimum atomic E-state index is -3.68. The molecule has 1 N–H and O–H groups in total. The van der Waals surface area contributed by atoms with E-state index in [9.17, 15) is 18.0 Å². The van der Waals surface area contributed by atoms with Crippen molar-refractivity contribution >= 4 is 21.8 Å². The van der Waals surface area contributed by atoms with Crippen LogP contribution in [0.25, 0.3) is 0 Å². The molecule has 0 aromatic heterocycles. The summed E-state index contributed by atoms with van der Waals surface area (Å²) in [6.45, 7) is 8.92. The van der Waals surface area contributed by atoms with Crippen LogP contribution in [0.3, 0.4) is 0 Å². The first-order chi connectivity index (χ1) is 11.7.